The topological polar surface area (TPSA) is 84.6 Å². The van der Waals surface area contributed by atoms with Crippen molar-refractivity contribution < 1.29 is 14.3 Å². The van der Waals surface area contributed by atoms with Gasteiger partial charge in [0.15, 0.2) is 5.82 Å². The van der Waals surface area contributed by atoms with Gasteiger partial charge in [-0.1, -0.05) is 78.6 Å². The Bertz CT molecular complexity index is 1170. The molecule has 1 unspecified atom stereocenters. The molecule has 1 saturated heterocycles. The molecule has 0 bridgehead atoms. The van der Waals surface area contributed by atoms with Crippen molar-refractivity contribution in [2.75, 3.05) is 7.11 Å². The number of halogens is 1. The first kappa shape index (κ1) is 22.6. The lowest BCUT2D eigenvalue weighted by molar-refractivity contribution is 0.0592. The van der Waals surface area contributed by atoms with Crippen LogP contribution in [-0.4, -0.2) is 36.6 Å². The highest BCUT2D eigenvalue weighted by Gasteiger charge is 2.32. The standard InChI is InChI=1S/C25H21BClN3O3/c1-32-25(31)22-20(27)14-21(30-24(22)33-19-12-13-26(15-19)16-28)29-23(17-8-4-2-5-9-17)18-10-6-3-7-11-18/h2-11,14,19H,12-13,15H2,1H3. The normalized spacial score (nSPS) is 14.9. The van der Waals surface area contributed by atoms with Crippen LogP contribution >= 0.6 is 11.6 Å². The van der Waals surface area contributed by atoms with Crippen LogP contribution in [0.25, 0.3) is 0 Å². The van der Waals surface area contributed by atoms with Crippen molar-refractivity contribution in [2.24, 2.45) is 4.99 Å². The summed E-state index contributed by atoms with van der Waals surface area (Å²) in [6.45, 7) is -0.0731. The Hall–Kier alpha value is -3.63. The van der Waals surface area contributed by atoms with E-state index >= 15 is 0 Å². The number of aliphatic imine (C=N–C) groups is 1. The molecule has 3 aromatic rings. The van der Waals surface area contributed by atoms with Gasteiger partial charge in [0.25, 0.3) is 6.71 Å². The molecule has 0 amide bonds. The lowest BCUT2D eigenvalue weighted by Gasteiger charge is -2.16. The Morgan fingerprint density at radius 1 is 1.15 bits per heavy atom. The van der Waals surface area contributed by atoms with Crippen LogP contribution in [0.15, 0.2) is 71.7 Å². The predicted octanol–water partition coefficient (Wildman–Crippen LogP) is 5.40. The van der Waals surface area contributed by atoms with E-state index in [2.05, 4.69) is 11.0 Å². The van der Waals surface area contributed by atoms with E-state index in [9.17, 15) is 10.1 Å². The van der Waals surface area contributed by atoms with Gasteiger partial charge < -0.3 is 9.47 Å². The molecule has 0 aliphatic carbocycles. The summed E-state index contributed by atoms with van der Waals surface area (Å²) in [7, 11) is 1.28. The van der Waals surface area contributed by atoms with Crippen molar-refractivity contribution >= 4 is 35.8 Å². The second kappa shape index (κ2) is 10.3. The summed E-state index contributed by atoms with van der Waals surface area (Å²) >= 11 is 6.48. The van der Waals surface area contributed by atoms with Crippen molar-refractivity contribution in [1.82, 2.24) is 4.98 Å². The first-order chi connectivity index (χ1) is 16.1. The van der Waals surface area contributed by atoms with Crippen LogP contribution in [0, 0.1) is 11.2 Å². The third kappa shape index (κ3) is 5.24. The Balaban J connectivity index is 1.79. The highest BCUT2D eigenvalue weighted by molar-refractivity contribution is 6.67. The van der Waals surface area contributed by atoms with Gasteiger partial charge in [-0.2, -0.15) is 4.98 Å². The molecule has 33 heavy (non-hydrogen) atoms. The highest BCUT2D eigenvalue weighted by atomic mass is 35.5. The van der Waals surface area contributed by atoms with E-state index < -0.39 is 5.97 Å². The number of nitriles is 1. The number of methoxy groups -OCH3 is 1. The van der Waals surface area contributed by atoms with Crippen LogP contribution < -0.4 is 4.74 Å². The maximum atomic E-state index is 12.4. The summed E-state index contributed by atoms with van der Waals surface area (Å²) in [6, 6.07) is 21.0. The first-order valence-electron chi connectivity index (χ1n) is 10.6. The zero-order valence-corrected chi connectivity index (χ0v) is 18.8. The molecular weight excluding hydrogens is 437 g/mol. The Labute approximate surface area is 197 Å². The van der Waals surface area contributed by atoms with Crippen LogP contribution in [-0.2, 0) is 4.74 Å². The SMILES string of the molecule is COC(=O)c1c(Cl)cc(N=C(c2ccccc2)c2ccccc2)nc1OC1CCB(C#N)C1. The van der Waals surface area contributed by atoms with Crippen molar-refractivity contribution in [3.63, 3.8) is 0 Å². The molecule has 4 rings (SSSR count). The van der Waals surface area contributed by atoms with Crippen LogP contribution in [0.2, 0.25) is 17.7 Å². The van der Waals surface area contributed by atoms with E-state index in [4.69, 9.17) is 26.1 Å². The molecule has 1 aliphatic rings. The molecule has 0 N–H and O–H groups in total. The van der Waals surface area contributed by atoms with Gasteiger partial charge in [-0.25, -0.2) is 15.0 Å². The van der Waals surface area contributed by atoms with Crippen LogP contribution in [0.4, 0.5) is 5.82 Å². The maximum Gasteiger partial charge on any atom is 0.344 e. The van der Waals surface area contributed by atoms with Gasteiger partial charge in [-0.05, 0) is 12.7 Å². The largest absolute Gasteiger partial charge is 0.474 e. The van der Waals surface area contributed by atoms with Crippen molar-refractivity contribution in [1.29, 1.82) is 5.26 Å². The lowest BCUT2D eigenvalue weighted by atomic mass is 9.50. The smallest absolute Gasteiger partial charge is 0.344 e. The molecule has 6 nitrogen and oxygen atoms in total. The van der Waals surface area contributed by atoms with Gasteiger partial charge in [-0.15, -0.1) is 0 Å². The van der Waals surface area contributed by atoms with Gasteiger partial charge in [0, 0.05) is 23.2 Å². The van der Waals surface area contributed by atoms with E-state index in [1.807, 2.05) is 60.7 Å². The van der Waals surface area contributed by atoms with Gasteiger partial charge in [0.2, 0.25) is 5.88 Å². The summed E-state index contributed by atoms with van der Waals surface area (Å²) in [4.78, 5) is 21.7. The fourth-order valence-corrected chi connectivity index (χ4v) is 4.09. The third-order valence-corrected chi connectivity index (χ3v) is 5.78. The van der Waals surface area contributed by atoms with Crippen molar-refractivity contribution in [3.8, 4) is 11.8 Å². The predicted molar refractivity (Wildman–Crippen MR) is 129 cm³/mol. The van der Waals surface area contributed by atoms with Gasteiger partial charge in [-0.3, -0.25) is 0 Å². The number of rotatable bonds is 6. The summed E-state index contributed by atoms with van der Waals surface area (Å²) in [5, 5.41) is 9.34. The second-order valence-corrected chi connectivity index (χ2v) is 8.11. The summed E-state index contributed by atoms with van der Waals surface area (Å²) in [6.07, 6.45) is 1.78. The zero-order chi connectivity index (χ0) is 23.2. The van der Waals surface area contributed by atoms with E-state index in [1.54, 1.807) is 0 Å². The van der Waals surface area contributed by atoms with Gasteiger partial charge in [0.1, 0.15) is 5.56 Å². The van der Waals surface area contributed by atoms with E-state index in [1.165, 1.54) is 13.2 Å². The average molecular weight is 458 g/mol. The van der Waals surface area contributed by atoms with Crippen LogP contribution in [0.3, 0.4) is 0 Å². The second-order valence-electron chi connectivity index (χ2n) is 7.71. The molecule has 0 radical (unpaired) electrons. The molecule has 1 fully saturated rings. The fraction of sp³-hybridized carbons (Fsp3) is 0.200. The van der Waals surface area contributed by atoms with Crippen LogP contribution in [0.1, 0.15) is 27.9 Å². The molecule has 2 aromatic carbocycles. The molecule has 2 heterocycles. The summed E-state index contributed by atoms with van der Waals surface area (Å²) < 4.78 is 11.0. The fourth-order valence-electron chi connectivity index (χ4n) is 3.83. The molecule has 0 spiro atoms. The monoisotopic (exact) mass is 457 g/mol. The molecular formula is C25H21BClN3O3. The van der Waals surface area contributed by atoms with Gasteiger partial charge in [0.05, 0.1) is 23.9 Å². The van der Waals surface area contributed by atoms with Gasteiger partial charge >= 0.3 is 5.97 Å². The number of pyridine rings is 1. The third-order valence-electron chi connectivity index (χ3n) is 5.48. The van der Waals surface area contributed by atoms with E-state index in [0.717, 1.165) is 17.4 Å². The summed E-state index contributed by atoms with van der Waals surface area (Å²) in [5.41, 5.74) is 2.59. The zero-order valence-electron chi connectivity index (χ0n) is 18.1. The lowest BCUT2D eigenvalue weighted by Crippen LogP contribution is -2.17. The van der Waals surface area contributed by atoms with E-state index in [0.29, 0.717) is 24.3 Å². The summed E-state index contributed by atoms with van der Waals surface area (Å²) in [5.74, 6) is 2.01. The number of aromatic nitrogens is 1. The highest BCUT2D eigenvalue weighted by Crippen LogP contribution is 2.33. The number of ether oxygens (including phenoxy) is 2. The average Bonchev–Trinajstić information content (AvgIpc) is 3.30. The van der Waals surface area contributed by atoms with E-state index in [-0.39, 0.29) is 29.3 Å². The number of benzene rings is 2. The number of carbonyl (C=O) groups excluding carboxylic acids is 1. The first-order valence-corrected chi connectivity index (χ1v) is 11.0. The minimum atomic E-state index is -0.640. The molecule has 8 heteroatoms. The number of carbonyl (C=O) groups is 1. The maximum absolute atomic E-state index is 12.4. The minimum absolute atomic E-state index is 0.0551. The Morgan fingerprint density at radius 2 is 1.79 bits per heavy atom. The number of nitrogens with zero attached hydrogens (tertiary/aromatic N) is 3. The van der Waals surface area contributed by atoms with Crippen molar-refractivity contribution in [2.45, 2.75) is 25.2 Å². The molecule has 1 aliphatic heterocycles. The Kier molecular flexibility index (Phi) is 7.06. The quantitative estimate of drug-likeness (QED) is 0.281. The molecule has 1 atom stereocenters. The Morgan fingerprint density at radius 3 is 2.33 bits per heavy atom. The number of esters is 1. The molecule has 164 valence electrons. The minimum Gasteiger partial charge on any atom is -0.474 e. The molecule has 1 aromatic heterocycles. The van der Waals surface area contributed by atoms with Crippen LogP contribution in [0.5, 0.6) is 5.88 Å². The van der Waals surface area contributed by atoms with Crippen molar-refractivity contribution in [3.05, 3.63) is 88.4 Å². The number of hydrogen-bond acceptors (Lipinski definition) is 6. The molecule has 0 saturated carbocycles. The number of hydrogen-bond donors (Lipinski definition) is 0.